The molecule has 18 heavy (non-hydrogen) atoms. The van der Waals surface area contributed by atoms with Gasteiger partial charge in [-0.25, -0.2) is 0 Å². The van der Waals surface area contributed by atoms with E-state index in [1.165, 1.54) is 0 Å². The maximum atomic E-state index is 5.90. The number of pyridine rings is 1. The predicted molar refractivity (Wildman–Crippen MR) is 65.5 cm³/mol. The fourth-order valence-corrected chi connectivity index (χ4v) is 1.79. The first-order valence-electron chi connectivity index (χ1n) is 5.35. The van der Waals surface area contributed by atoms with E-state index >= 15 is 0 Å². The van der Waals surface area contributed by atoms with Crippen molar-refractivity contribution in [3.63, 3.8) is 0 Å². The van der Waals surface area contributed by atoms with Crippen LogP contribution in [0.5, 0.6) is 6.01 Å². The number of ether oxygens (including phenoxy) is 1. The molecule has 3 rings (SSSR count). The van der Waals surface area contributed by atoms with Crippen molar-refractivity contribution >= 4 is 17.2 Å². The van der Waals surface area contributed by atoms with Crippen molar-refractivity contribution in [3.05, 3.63) is 41.3 Å². The Morgan fingerprint density at radius 2 is 2.22 bits per heavy atom. The van der Waals surface area contributed by atoms with E-state index in [1.807, 2.05) is 24.4 Å². The van der Waals surface area contributed by atoms with E-state index in [1.54, 1.807) is 22.2 Å². The molecular weight excluding hydrogens is 254 g/mol. The van der Waals surface area contributed by atoms with Gasteiger partial charge >= 0.3 is 6.01 Å². The number of rotatable bonds is 3. The molecule has 0 bridgehead atoms. The summed E-state index contributed by atoms with van der Waals surface area (Å²) < 4.78 is 8.92. The standard InChI is InChI=1S/C11H10ClN5O/c1-16-9(12)6-8(15-16)7-18-11-14-13-10-4-2-3-5-17(10)11/h2-6H,7H2,1H3. The summed E-state index contributed by atoms with van der Waals surface area (Å²) in [6, 6.07) is 7.84. The Hall–Kier alpha value is -2.08. The molecule has 0 radical (unpaired) electrons. The minimum atomic E-state index is 0.302. The fraction of sp³-hybridized carbons (Fsp3) is 0.182. The van der Waals surface area contributed by atoms with Crippen molar-refractivity contribution in [1.29, 1.82) is 0 Å². The zero-order chi connectivity index (χ0) is 12.5. The lowest BCUT2D eigenvalue weighted by atomic mass is 10.5. The minimum Gasteiger partial charge on any atom is -0.457 e. The van der Waals surface area contributed by atoms with Gasteiger partial charge in [-0.15, -0.1) is 5.10 Å². The van der Waals surface area contributed by atoms with E-state index in [-0.39, 0.29) is 0 Å². The van der Waals surface area contributed by atoms with Crippen LogP contribution in [0.1, 0.15) is 5.69 Å². The lowest BCUT2D eigenvalue weighted by molar-refractivity contribution is 0.272. The zero-order valence-corrected chi connectivity index (χ0v) is 10.4. The van der Waals surface area contributed by atoms with Gasteiger partial charge in [-0.2, -0.15) is 5.10 Å². The average molecular weight is 264 g/mol. The highest BCUT2D eigenvalue weighted by molar-refractivity contribution is 6.29. The van der Waals surface area contributed by atoms with Crippen LogP contribution in [0.25, 0.3) is 5.65 Å². The molecule has 0 aliphatic heterocycles. The van der Waals surface area contributed by atoms with Crippen molar-refractivity contribution in [3.8, 4) is 6.01 Å². The lowest BCUT2D eigenvalue weighted by Crippen LogP contribution is -2.00. The van der Waals surface area contributed by atoms with Gasteiger partial charge in [-0.05, 0) is 12.1 Å². The second-order valence-corrected chi connectivity index (χ2v) is 4.17. The molecule has 0 unspecified atom stereocenters. The molecule has 0 atom stereocenters. The quantitative estimate of drug-likeness (QED) is 0.722. The van der Waals surface area contributed by atoms with Gasteiger partial charge in [0.2, 0.25) is 0 Å². The van der Waals surface area contributed by atoms with Crippen molar-refractivity contribution in [2.45, 2.75) is 6.61 Å². The molecule has 92 valence electrons. The number of halogens is 1. The Balaban J connectivity index is 1.81. The summed E-state index contributed by atoms with van der Waals surface area (Å²) in [7, 11) is 1.78. The topological polar surface area (TPSA) is 57.2 Å². The van der Waals surface area contributed by atoms with E-state index in [9.17, 15) is 0 Å². The van der Waals surface area contributed by atoms with Crippen LogP contribution in [0.15, 0.2) is 30.5 Å². The first-order valence-corrected chi connectivity index (χ1v) is 5.73. The SMILES string of the molecule is Cn1nc(COc2nnc3ccccn23)cc1Cl. The van der Waals surface area contributed by atoms with Gasteiger partial charge in [-0.3, -0.25) is 9.08 Å². The highest BCUT2D eigenvalue weighted by Crippen LogP contribution is 2.13. The lowest BCUT2D eigenvalue weighted by Gasteiger charge is -2.00. The monoisotopic (exact) mass is 263 g/mol. The molecule has 0 saturated heterocycles. The van der Waals surface area contributed by atoms with Crippen molar-refractivity contribution in [2.24, 2.45) is 7.05 Å². The number of hydrogen-bond donors (Lipinski definition) is 0. The van der Waals surface area contributed by atoms with E-state index < -0.39 is 0 Å². The van der Waals surface area contributed by atoms with E-state index in [4.69, 9.17) is 16.3 Å². The molecule has 0 fully saturated rings. The van der Waals surface area contributed by atoms with Gasteiger partial charge in [0.05, 0.1) is 0 Å². The van der Waals surface area contributed by atoms with Gasteiger partial charge in [0, 0.05) is 19.3 Å². The summed E-state index contributed by atoms with van der Waals surface area (Å²) in [4.78, 5) is 0. The van der Waals surface area contributed by atoms with E-state index in [0.29, 0.717) is 17.8 Å². The number of hydrogen-bond acceptors (Lipinski definition) is 4. The number of fused-ring (bicyclic) bond motifs is 1. The van der Waals surface area contributed by atoms with Crippen molar-refractivity contribution < 1.29 is 4.74 Å². The molecule has 7 heteroatoms. The molecule has 0 aliphatic rings. The third-order valence-electron chi connectivity index (χ3n) is 2.50. The molecule has 0 spiro atoms. The van der Waals surface area contributed by atoms with E-state index in [2.05, 4.69) is 15.3 Å². The Morgan fingerprint density at radius 3 is 3.00 bits per heavy atom. The van der Waals surface area contributed by atoms with Crippen LogP contribution >= 0.6 is 11.6 Å². The summed E-state index contributed by atoms with van der Waals surface area (Å²) in [6.45, 7) is 0.302. The Kier molecular flexibility index (Phi) is 2.64. The molecule has 0 aromatic carbocycles. The van der Waals surface area contributed by atoms with Crippen LogP contribution < -0.4 is 4.74 Å². The highest BCUT2D eigenvalue weighted by Gasteiger charge is 2.08. The molecule has 0 saturated carbocycles. The number of nitrogens with zero attached hydrogens (tertiary/aromatic N) is 5. The van der Waals surface area contributed by atoms with Crippen LogP contribution in [0.3, 0.4) is 0 Å². The molecular formula is C11H10ClN5O. The summed E-state index contributed by atoms with van der Waals surface area (Å²) in [6.07, 6.45) is 1.84. The van der Waals surface area contributed by atoms with Crippen molar-refractivity contribution in [1.82, 2.24) is 24.4 Å². The normalized spacial score (nSPS) is 11.0. The summed E-state index contributed by atoms with van der Waals surface area (Å²) >= 11 is 5.90. The molecule has 3 aromatic heterocycles. The molecule has 0 N–H and O–H groups in total. The summed E-state index contributed by atoms with van der Waals surface area (Å²) in [5, 5.41) is 12.7. The Morgan fingerprint density at radius 1 is 1.33 bits per heavy atom. The Bertz CT molecular complexity index is 670. The molecule has 6 nitrogen and oxygen atoms in total. The van der Waals surface area contributed by atoms with Gasteiger partial charge in [0.1, 0.15) is 17.5 Å². The van der Waals surface area contributed by atoms with Gasteiger partial charge in [-0.1, -0.05) is 22.8 Å². The molecule has 3 aromatic rings. The first kappa shape index (κ1) is 11.0. The number of aryl methyl sites for hydroxylation is 1. The van der Waals surface area contributed by atoms with Crippen LogP contribution in [0.2, 0.25) is 5.15 Å². The average Bonchev–Trinajstić information content (AvgIpc) is 2.92. The number of aromatic nitrogens is 5. The third-order valence-corrected chi connectivity index (χ3v) is 2.86. The smallest absolute Gasteiger partial charge is 0.321 e. The maximum Gasteiger partial charge on any atom is 0.321 e. The Labute approximate surface area is 108 Å². The van der Waals surface area contributed by atoms with Crippen LogP contribution in [0.4, 0.5) is 0 Å². The van der Waals surface area contributed by atoms with Gasteiger partial charge in [0.15, 0.2) is 5.65 Å². The molecule has 0 amide bonds. The zero-order valence-electron chi connectivity index (χ0n) is 9.62. The largest absolute Gasteiger partial charge is 0.457 e. The third kappa shape index (κ3) is 1.91. The first-order chi connectivity index (χ1) is 8.74. The maximum absolute atomic E-state index is 5.90. The van der Waals surface area contributed by atoms with Crippen LogP contribution in [-0.2, 0) is 13.7 Å². The molecule has 3 heterocycles. The van der Waals surface area contributed by atoms with Crippen LogP contribution in [-0.4, -0.2) is 24.4 Å². The summed E-state index contributed by atoms with van der Waals surface area (Å²) in [5.41, 5.74) is 1.49. The second-order valence-electron chi connectivity index (χ2n) is 3.78. The molecule has 0 aliphatic carbocycles. The minimum absolute atomic E-state index is 0.302. The summed E-state index contributed by atoms with van der Waals surface area (Å²) in [5.74, 6) is 0. The van der Waals surface area contributed by atoms with E-state index in [0.717, 1.165) is 11.3 Å². The van der Waals surface area contributed by atoms with Gasteiger partial charge in [0.25, 0.3) is 0 Å². The predicted octanol–water partition coefficient (Wildman–Crippen LogP) is 1.70. The highest BCUT2D eigenvalue weighted by atomic mass is 35.5. The van der Waals surface area contributed by atoms with Gasteiger partial charge < -0.3 is 4.74 Å². The second kappa shape index (κ2) is 4.30. The fourth-order valence-electron chi connectivity index (χ4n) is 1.63. The van der Waals surface area contributed by atoms with Crippen LogP contribution in [0, 0.1) is 0 Å². The van der Waals surface area contributed by atoms with Crippen molar-refractivity contribution in [2.75, 3.05) is 0 Å².